The second-order valence-electron chi connectivity index (χ2n) is 6.28. The maximum atomic E-state index is 4.67. The Morgan fingerprint density at radius 2 is 1.89 bits per heavy atom. The van der Waals surface area contributed by atoms with Gasteiger partial charge in [0.15, 0.2) is 0 Å². The summed E-state index contributed by atoms with van der Waals surface area (Å²) in [4.78, 5) is 9.22. The van der Waals surface area contributed by atoms with Crippen molar-refractivity contribution in [1.29, 1.82) is 0 Å². The number of hydrogen-bond acceptors (Lipinski definition) is 3. The molecule has 0 amide bonds. The summed E-state index contributed by atoms with van der Waals surface area (Å²) < 4.78 is 0. The Hall–Kier alpha value is -1.12. The summed E-state index contributed by atoms with van der Waals surface area (Å²) in [6.07, 6.45) is 6.63. The Labute approximate surface area is 117 Å². The van der Waals surface area contributed by atoms with E-state index in [1.54, 1.807) is 0 Å². The van der Waals surface area contributed by atoms with Gasteiger partial charge in [-0.3, -0.25) is 0 Å². The van der Waals surface area contributed by atoms with Crippen LogP contribution < -0.4 is 5.32 Å². The molecule has 19 heavy (non-hydrogen) atoms. The van der Waals surface area contributed by atoms with Crippen molar-refractivity contribution in [1.82, 2.24) is 9.97 Å². The molecule has 1 saturated carbocycles. The molecule has 3 heteroatoms. The summed E-state index contributed by atoms with van der Waals surface area (Å²) in [5, 5.41) is 3.58. The van der Waals surface area contributed by atoms with Gasteiger partial charge in [-0.05, 0) is 37.7 Å². The van der Waals surface area contributed by atoms with Crippen molar-refractivity contribution < 1.29 is 0 Å². The highest BCUT2D eigenvalue weighted by Crippen LogP contribution is 2.25. The van der Waals surface area contributed by atoms with Crippen LogP contribution in [0, 0.1) is 12.8 Å². The predicted octanol–water partition coefficient (Wildman–Crippen LogP) is 4.29. The van der Waals surface area contributed by atoms with E-state index in [-0.39, 0.29) is 0 Å². The van der Waals surface area contributed by atoms with E-state index in [2.05, 4.69) is 49.0 Å². The number of nitrogens with one attached hydrogen (secondary N) is 1. The predicted molar refractivity (Wildman–Crippen MR) is 80.5 cm³/mol. The zero-order valence-corrected chi connectivity index (χ0v) is 12.7. The third-order valence-corrected chi connectivity index (χ3v) is 4.14. The standard InChI is InChI=1S/C16H27N3/c1-11(2)15-10-13(4)17-16(19-15)18-14-9-7-5-6-8-12(14)3/h10-12,14H,5-9H2,1-4H3,(H,17,18,19). The van der Waals surface area contributed by atoms with Gasteiger partial charge in [0.2, 0.25) is 5.95 Å². The molecule has 1 fully saturated rings. The van der Waals surface area contributed by atoms with Gasteiger partial charge in [0, 0.05) is 17.4 Å². The van der Waals surface area contributed by atoms with Crippen molar-refractivity contribution in [2.45, 2.75) is 71.8 Å². The van der Waals surface area contributed by atoms with Crippen molar-refractivity contribution in [3.8, 4) is 0 Å². The fourth-order valence-corrected chi connectivity index (χ4v) is 2.83. The molecule has 0 radical (unpaired) electrons. The third-order valence-electron chi connectivity index (χ3n) is 4.14. The normalized spacial score (nSPS) is 24.3. The summed E-state index contributed by atoms with van der Waals surface area (Å²) >= 11 is 0. The van der Waals surface area contributed by atoms with Gasteiger partial charge in [0.05, 0.1) is 0 Å². The Bertz CT molecular complexity index is 414. The molecule has 2 rings (SSSR count). The van der Waals surface area contributed by atoms with E-state index >= 15 is 0 Å². The Balaban J connectivity index is 2.13. The van der Waals surface area contributed by atoms with Crippen LogP contribution in [0.5, 0.6) is 0 Å². The highest BCUT2D eigenvalue weighted by atomic mass is 15.1. The molecule has 106 valence electrons. The first-order chi connectivity index (χ1) is 9.06. The molecule has 3 nitrogen and oxygen atoms in total. The van der Waals surface area contributed by atoms with Crippen molar-refractivity contribution in [3.05, 3.63) is 17.5 Å². The molecular weight excluding hydrogens is 234 g/mol. The molecule has 0 aromatic carbocycles. The van der Waals surface area contributed by atoms with Crippen LogP contribution in [0.25, 0.3) is 0 Å². The fourth-order valence-electron chi connectivity index (χ4n) is 2.83. The highest BCUT2D eigenvalue weighted by Gasteiger charge is 2.20. The monoisotopic (exact) mass is 261 g/mol. The van der Waals surface area contributed by atoms with Gasteiger partial charge in [-0.15, -0.1) is 0 Å². The molecule has 0 aliphatic heterocycles. The molecular formula is C16H27N3. The lowest BCUT2D eigenvalue weighted by Gasteiger charge is -2.23. The second kappa shape index (κ2) is 6.36. The van der Waals surface area contributed by atoms with Gasteiger partial charge in [-0.1, -0.05) is 40.0 Å². The number of nitrogens with zero attached hydrogens (tertiary/aromatic N) is 2. The quantitative estimate of drug-likeness (QED) is 0.825. The molecule has 1 aromatic heterocycles. The SMILES string of the molecule is Cc1cc(C(C)C)nc(NC2CCCCCC2C)n1. The smallest absolute Gasteiger partial charge is 0.223 e. The van der Waals surface area contributed by atoms with Crippen molar-refractivity contribution in [2.24, 2.45) is 5.92 Å². The zero-order chi connectivity index (χ0) is 13.8. The van der Waals surface area contributed by atoms with Crippen molar-refractivity contribution >= 4 is 5.95 Å². The fraction of sp³-hybridized carbons (Fsp3) is 0.750. The van der Waals surface area contributed by atoms with E-state index < -0.39 is 0 Å². The van der Waals surface area contributed by atoms with Gasteiger partial charge >= 0.3 is 0 Å². The Morgan fingerprint density at radius 1 is 1.16 bits per heavy atom. The summed E-state index contributed by atoms with van der Waals surface area (Å²) in [7, 11) is 0. The van der Waals surface area contributed by atoms with Gasteiger partial charge in [0.1, 0.15) is 0 Å². The Morgan fingerprint density at radius 3 is 2.63 bits per heavy atom. The van der Waals surface area contributed by atoms with Crippen LogP contribution in [0.4, 0.5) is 5.95 Å². The molecule has 2 atom stereocenters. The first-order valence-electron chi connectivity index (χ1n) is 7.68. The second-order valence-corrected chi connectivity index (χ2v) is 6.28. The summed E-state index contributed by atoms with van der Waals surface area (Å²) in [6, 6.07) is 2.62. The van der Waals surface area contributed by atoms with Gasteiger partial charge in [-0.25, -0.2) is 9.97 Å². The summed E-state index contributed by atoms with van der Waals surface area (Å²) in [5.41, 5.74) is 2.19. The minimum atomic E-state index is 0.453. The van der Waals surface area contributed by atoms with E-state index in [9.17, 15) is 0 Å². The van der Waals surface area contributed by atoms with Crippen LogP contribution in [0.1, 0.15) is 70.2 Å². The number of rotatable bonds is 3. The number of anilines is 1. The van der Waals surface area contributed by atoms with E-state index in [1.807, 2.05) is 0 Å². The van der Waals surface area contributed by atoms with E-state index in [0.717, 1.165) is 17.3 Å². The summed E-state index contributed by atoms with van der Waals surface area (Å²) in [5.74, 6) is 1.99. The van der Waals surface area contributed by atoms with Crippen LogP contribution in [0.3, 0.4) is 0 Å². The topological polar surface area (TPSA) is 37.8 Å². The zero-order valence-electron chi connectivity index (χ0n) is 12.7. The van der Waals surface area contributed by atoms with Crippen LogP contribution >= 0.6 is 0 Å². The first kappa shape index (κ1) is 14.3. The first-order valence-corrected chi connectivity index (χ1v) is 7.68. The van der Waals surface area contributed by atoms with Crippen LogP contribution in [0.2, 0.25) is 0 Å². The van der Waals surface area contributed by atoms with E-state index in [4.69, 9.17) is 0 Å². The molecule has 2 unspecified atom stereocenters. The molecule has 1 N–H and O–H groups in total. The largest absolute Gasteiger partial charge is 0.351 e. The maximum Gasteiger partial charge on any atom is 0.223 e. The number of aromatic nitrogens is 2. The summed E-state index contributed by atoms with van der Waals surface area (Å²) in [6.45, 7) is 8.76. The van der Waals surface area contributed by atoms with Gasteiger partial charge in [-0.2, -0.15) is 0 Å². The molecule has 1 heterocycles. The molecule has 1 aliphatic rings. The minimum Gasteiger partial charge on any atom is -0.351 e. The van der Waals surface area contributed by atoms with Crippen LogP contribution in [-0.4, -0.2) is 16.0 Å². The van der Waals surface area contributed by atoms with Crippen LogP contribution in [-0.2, 0) is 0 Å². The molecule has 0 bridgehead atoms. The molecule has 1 aliphatic carbocycles. The van der Waals surface area contributed by atoms with Crippen LogP contribution in [0.15, 0.2) is 6.07 Å². The average Bonchev–Trinajstić information content (AvgIpc) is 2.54. The van der Waals surface area contributed by atoms with Crippen molar-refractivity contribution in [3.63, 3.8) is 0 Å². The lowest BCUT2D eigenvalue weighted by Crippen LogP contribution is -2.27. The van der Waals surface area contributed by atoms with Gasteiger partial charge < -0.3 is 5.32 Å². The molecule has 1 aromatic rings. The third kappa shape index (κ3) is 3.92. The lowest BCUT2D eigenvalue weighted by molar-refractivity contribution is 0.454. The number of aryl methyl sites for hydroxylation is 1. The lowest BCUT2D eigenvalue weighted by atomic mass is 9.97. The number of hydrogen-bond donors (Lipinski definition) is 1. The van der Waals surface area contributed by atoms with Gasteiger partial charge in [0.25, 0.3) is 0 Å². The Kier molecular flexibility index (Phi) is 4.78. The molecule has 0 saturated heterocycles. The average molecular weight is 261 g/mol. The van der Waals surface area contributed by atoms with E-state index in [1.165, 1.54) is 32.1 Å². The van der Waals surface area contributed by atoms with E-state index in [0.29, 0.717) is 17.9 Å². The molecule has 0 spiro atoms. The highest BCUT2D eigenvalue weighted by molar-refractivity contribution is 5.30. The van der Waals surface area contributed by atoms with Crippen molar-refractivity contribution in [2.75, 3.05) is 5.32 Å². The minimum absolute atomic E-state index is 0.453. The maximum absolute atomic E-state index is 4.67.